The van der Waals surface area contributed by atoms with Gasteiger partial charge in [-0.15, -0.1) is 6.58 Å². The zero-order chi connectivity index (χ0) is 10.1. The van der Waals surface area contributed by atoms with Crippen LogP contribution in [-0.2, 0) is 0 Å². The number of hydrogen-bond donors (Lipinski definition) is 2. The first-order chi connectivity index (χ1) is 6.68. The highest BCUT2D eigenvalue weighted by atomic mass is 16.1. The lowest BCUT2D eigenvalue weighted by atomic mass is 9.67. The summed E-state index contributed by atoms with van der Waals surface area (Å²) in [5.74, 6) is -0.0487. The Bertz CT molecular complexity index is 403. The van der Waals surface area contributed by atoms with Crippen LogP contribution in [0.15, 0.2) is 36.3 Å². The summed E-state index contributed by atoms with van der Waals surface area (Å²) in [7, 11) is 0. The van der Waals surface area contributed by atoms with E-state index < -0.39 is 0 Å². The zero-order valence-corrected chi connectivity index (χ0v) is 8.00. The predicted molar refractivity (Wildman–Crippen MR) is 58.1 cm³/mol. The maximum atomic E-state index is 11.6. The maximum absolute atomic E-state index is 11.6. The van der Waals surface area contributed by atoms with Crippen LogP contribution in [0.3, 0.4) is 0 Å². The average molecular weight is 186 g/mol. The molecule has 2 N–H and O–H groups in total. The van der Waals surface area contributed by atoms with E-state index in [9.17, 15) is 4.79 Å². The van der Waals surface area contributed by atoms with Crippen molar-refractivity contribution < 1.29 is 4.79 Å². The molecule has 0 aromatic heterocycles. The van der Waals surface area contributed by atoms with E-state index in [1.807, 2.05) is 25.1 Å². The van der Waals surface area contributed by atoms with E-state index in [4.69, 9.17) is 0 Å². The summed E-state index contributed by atoms with van der Waals surface area (Å²) < 4.78 is 0. The van der Waals surface area contributed by atoms with Gasteiger partial charge in [0.2, 0.25) is 5.91 Å². The lowest BCUT2D eigenvalue weighted by Gasteiger charge is -2.24. The summed E-state index contributed by atoms with van der Waals surface area (Å²) in [5.41, 5.74) is 2.45. The molecule has 0 spiro atoms. The average Bonchev–Trinajstić information content (AvgIpc) is 2.17. The molecular formula is C10H11BN2O. The third-order valence-corrected chi connectivity index (χ3v) is 2.24. The van der Waals surface area contributed by atoms with Crippen molar-refractivity contribution in [1.82, 2.24) is 5.23 Å². The summed E-state index contributed by atoms with van der Waals surface area (Å²) in [4.78, 5) is 11.6. The van der Waals surface area contributed by atoms with Crippen molar-refractivity contribution in [3.05, 3.63) is 41.9 Å². The minimum atomic E-state index is -0.155. The molecule has 0 aliphatic carbocycles. The molecule has 4 heteroatoms. The second-order valence-corrected chi connectivity index (χ2v) is 3.44. The second-order valence-electron chi connectivity index (χ2n) is 3.44. The molecule has 70 valence electrons. The lowest BCUT2D eigenvalue weighted by Crippen LogP contribution is -2.50. The van der Waals surface area contributed by atoms with Crippen LogP contribution in [0.5, 0.6) is 0 Å². The van der Waals surface area contributed by atoms with Crippen molar-refractivity contribution in [3.63, 3.8) is 0 Å². The molecule has 2 rings (SSSR count). The molecule has 3 nitrogen and oxygen atoms in total. The quantitative estimate of drug-likeness (QED) is 0.651. The zero-order valence-electron chi connectivity index (χ0n) is 8.00. The summed E-state index contributed by atoms with van der Waals surface area (Å²) in [5, 5.41) is 6.02. The first kappa shape index (κ1) is 8.87. The van der Waals surface area contributed by atoms with Gasteiger partial charge >= 0.3 is 6.98 Å². The van der Waals surface area contributed by atoms with Gasteiger partial charge in [-0.2, -0.15) is 0 Å². The van der Waals surface area contributed by atoms with Crippen LogP contribution in [0.25, 0.3) is 0 Å². The number of para-hydroxylation sites is 1. The van der Waals surface area contributed by atoms with Crippen LogP contribution in [-0.4, -0.2) is 12.9 Å². The van der Waals surface area contributed by atoms with Gasteiger partial charge in [-0.25, -0.2) is 0 Å². The maximum Gasteiger partial charge on any atom is 0.403 e. The molecule has 0 saturated heterocycles. The van der Waals surface area contributed by atoms with Gasteiger partial charge < -0.3 is 10.5 Å². The van der Waals surface area contributed by atoms with Gasteiger partial charge in [0.25, 0.3) is 0 Å². The van der Waals surface area contributed by atoms with Gasteiger partial charge in [0.05, 0.1) is 5.56 Å². The smallest absolute Gasteiger partial charge is 0.403 e. The van der Waals surface area contributed by atoms with Crippen molar-refractivity contribution in [3.8, 4) is 0 Å². The molecular weight excluding hydrogens is 175 g/mol. The topological polar surface area (TPSA) is 41.1 Å². The summed E-state index contributed by atoms with van der Waals surface area (Å²) in [6, 6.07) is 7.44. The van der Waals surface area contributed by atoms with E-state index in [-0.39, 0.29) is 12.9 Å². The van der Waals surface area contributed by atoms with Gasteiger partial charge in [0.1, 0.15) is 0 Å². The Morgan fingerprint density at radius 1 is 1.36 bits per heavy atom. The van der Waals surface area contributed by atoms with Crippen LogP contribution < -0.4 is 10.5 Å². The Morgan fingerprint density at radius 2 is 2.07 bits per heavy atom. The fourth-order valence-electron chi connectivity index (χ4n) is 1.45. The molecule has 1 aromatic rings. The number of nitrogens with one attached hydrogen (secondary N) is 2. The number of carbonyl (C=O) groups excluding carboxylic acids is 1. The molecule has 0 unspecified atom stereocenters. The number of allylic oxidation sites excluding steroid dienone is 1. The van der Waals surface area contributed by atoms with Crippen molar-refractivity contribution in [2.24, 2.45) is 0 Å². The van der Waals surface area contributed by atoms with Crippen molar-refractivity contribution in [1.29, 1.82) is 0 Å². The van der Waals surface area contributed by atoms with Crippen LogP contribution in [0.2, 0.25) is 0 Å². The second kappa shape index (κ2) is 3.22. The summed E-state index contributed by atoms with van der Waals surface area (Å²) in [6.07, 6.45) is 0. The number of hydrogen-bond acceptors (Lipinski definition) is 2. The van der Waals surface area contributed by atoms with Gasteiger partial charge in [-0.3, -0.25) is 4.79 Å². The molecule has 0 bridgehead atoms. The van der Waals surface area contributed by atoms with E-state index in [2.05, 4.69) is 17.0 Å². The Hall–Kier alpha value is -1.71. The third kappa shape index (κ3) is 1.39. The van der Waals surface area contributed by atoms with Gasteiger partial charge in [0, 0.05) is 5.69 Å². The number of rotatable bonds is 1. The number of amides is 1. The number of fused-ring (bicyclic) bond motifs is 1. The molecule has 1 heterocycles. The Morgan fingerprint density at radius 3 is 2.79 bits per heavy atom. The van der Waals surface area contributed by atoms with Crippen LogP contribution >= 0.6 is 0 Å². The molecule has 1 amide bonds. The summed E-state index contributed by atoms with van der Waals surface area (Å²) >= 11 is 0. The molecule has 1 aromatic carbocycles. The molecule has 14 heavy (non-hydrogen) atoms. The third-order valence-electron chi connectivity index (χ3n) is 2.24. The van der Waals surface area contributed by atoms with Crippen molar-refractivity contribution in [2.45, 2.75) is 6.92 Å². The summed E-state index contributed by atoms with van der Waals surface area (Å²) in [6.45, 7) is 5.53. The fraction of sp³-hybridized carbons (Fsp3) is 0.100. The Labute approximate surface area is 83.3 Å². The Kier molecular flexibility index (Phi) is 2.04. The van der Waals surface area contributed by atoms with Gasteiger partial charge in [-0.1, -0.05) is 17.6 Å². The Balaban J connectivity index is 2.38. The monoisotopic (exact) mass is 186 g/mol. The van der Waals surface area contributed by atoms with Crippen LogP contribution in [0.4, 0.5) is 5.69 Å². The van der Waals surface area contributed by atoms with Crippen LogP contribution in [0.1, 0.15) is 17.3 Å². The van der Waals surface area contributed by atoms with Crippen LogP contribution in [0, 0.1) is 0 Å². The molecule has 0 atom stereocenters. The first-order valence-electron chi connectivity index (χ1n) is 4.50. The van der Waals surface area contributed by atoms with Gasteiger partial charge in [-0.05, 0) is 19.1 Å². The molecule has 0 radical (unpaired) electrons. The number of anilines is 1. The van der Waals surface area contributed by atoms with E-state index >= 15 is 0 Å². The number of carbonyl (C=O) groups is 1. The molecule has 1 aliphatic heterocycles. The predicted octanol–water partition coefficient (Wildman–Crippen LogP) is 1.45. The SMILES string of the molecule is C=C(C)B1NC(=O)c2ccccc2N1. The van der Waals surface area contributed by atoms with E-state index in [0.717, 1.165) is 11.2 Å². The number of benzene rings is 1. The van der Waals surface area contributed by atoms with E-state index in [0.29, 0.717) is 5.56 Å². The lowest BCUT2D eigenvalue weighted by molar-refractivity contribution is 0.0978. The van der Waals surface area contributed by atoms with E-state index in [1.165, 1.54) is 0 Å². The van der Waals surface area contributed by atoms with Crippen molar-refractivity contribution >= 4 is 18.6 Å². The molecule has 1 aliphatic rings. The van der Waals surface area contributed by atoms with Crippen molar-refractivity contribution in [2.75, 3.05) is 5.23 Å². The highest BCUT2D eigenvalue weighted by Crippen LogP contribution is 2.19. The minimum Gasteiger partial charge on any atom is -0.405 e. The fourth-order valence-corrected chi connectivity index (χ4v) is 1.45. The molecule has 0 fully saturated rings. The highest BCUT2D eigenvalue weighted by Gasteiger charge is 2.27. The highest BCUT2D eigenvalue weighted by molar-refractivity contribution is 6.71. The van der Waals surface area contributed by atoms with E-state index in [1.54, 1.807) is 6.07 Å². The largest absolute Gasteiger partial charge is 0.405 e. The first-order valence-corrected chi connectivity index (χ1v) is 4.50. The minimum absolute atomic E-state index is 0.0487. The molecule has 0 saturated carbocycles. The normalized spacial score (nSPS) is 14.1. The van der Waals surface area contributed by atoms with Gasteiger partial charge in [0.15, 0.2) is 0 Å². The standard InChI is InChI=1S/C10H11BN2O/c1-7(2)11-12-9-6-4-3-5-8(9)10(14)13-11/h3-6,12H,1H2,2H3,(H,13,14).